The SMILES string of the molecule is O=C1OC(CO)(C(=O)/C=C/C2CO2)C(=O)OC(CO)C(=O)OC1CO. The smallest absolute Gasteiger partial charge is 0.362 e. The lowest BCUT2D eigenvalue weighted by atomic mass is 9.98. The molecule has 2 saturated heterocycles. The van der Waals surface area contributed by atoms with Gasteiger partial charge in [0, 0.05) is 0 Å². The summed E-state index contributed by atoms with van der Waals surface area (Å²) in [5.74, 6) is -5.48. The van der Waals surface area contributed by atoms with E-state index in [-0.39, 0.29) is 6.10 Å². The summed E-state index contributed by atoms with van der Waals surface area (Å²) in [5, 5.41) is 27.8. The molecule has 0 aliphatic carbocycles. The Bertz CT molecular complexity index is 592. The van der Waals surface area contributed by atoms with E-state index >= 15 is 0 Å². The maximum atomic E-state index is 12.4. The van der Waals surface area contributed by atoms with Crippen LogP contribution in [0.5, 0.6) is 0 Å². The molecule has 0 spiro atoms. The molecule has 2 aliphatic rings. The highest BCUT2D eigenvalue weighted by Crippen LogP contribution is 2.22. The first-order chi connectivity index (χ1) is 11.9. The van der Waals surface area contributed by atoms with Crippen LogP contribution in [0.3, 0.4) is 0 Å². The minimum Gasteiger partial charge on any atom is -0.445 e. The van der Waals surface area contributed by atoms with E-state index in [1.54, 1.807) is 0 Å². The Labute approximate surface area is 140 Å². The van der Waals surface area contributed by atoms with Crippen LogP contribution < -0.4 is 0 Å². The summed E-state index contributed by atoms with van der Waals surface area (Å²) in [4.78, 5) is 48.4. The van der Waals surface area contributed by atoms with Gasteiger partial charge in [0.25, 0.3) is 5.60 Å². The topological polar surface area (TPSA) is 169 Å². The lowest BCUT2D eigenvalue weighted by Gasteiger charge is -2.27. The molecule has 4 atom stereocenters. The van der Waals surface area contributed by atoms with E-state index < -0.39 is 61.3 Å². The molecule has 0 radical (unpaired) electrons. The van der Waals surface area contributed by atoms with Crippen molar-refractivity contribution in [1.82, 2.24) is 0 Å². The van der Waals surface area contributed by atoms with Crippen molar-refractivity contribution in [3.05, 3.63) is 12.2 Å². The number of aliphatic hydroxyl groups excluding tert-OH is 3. The van der Waals surface area contributed by atoms with Crippen molar-refractivity contribution in [3.63, 3.8) is 0 Å². The fourth-order valence-corrected chi connectivity index (χ4v) is 1.86. The third kappa shape index (κ3) is 4.02. The highest BCUT2D eigenvalue weighted by atomic mass is 16.7. The van der Waals surface area contributed by atoms with Gasteiger partial charge in [0.05, 0.1) is 25.9 Å². The van der Waals surface area contributed by atoms with Crippen molar-refractivity contribution in [3.8, 4) is 0 Å². The molecular formula is C14H16O11. The summed E-state index contributed by atoms with van der Waals surface area (Å²) < 4.78 is 18.8. The summed E-state index contributed by atoms with van der Waals surface area (Å²) in [6, 6.07) is 0. The molecule has 0 amide bonds. The molecule has 138 valence electrons. The number of epoxide rings is 1. The van der Waals surface area contributed by atoms with Crippen molar-refractivity contribution >= 4 is 23.7 Å². The fraction of sp³-hybridized carbons (Fsp3) is 0.571. The number of carbonyl (C=O) groups is 4. The van der Waals surface area contributed by atoms with Crippen molar-refractivity contribution in [2.75, 3.05) is 26.4 Å². The molecule has 0 aromatic rings. The van der Waals surface area contributed by atoms with Crippen LogP contribution in [0.1, 0.15) is 0 Å². The van der Waals surface area contributed by atoms with Crippen molar-refractivity contribution in [2.45, 2.75) is 23.9 Å². The third-order valence-corrected chi connectivity index (χ3v) is 3.41. The van der Waals surface area contributed by atoms with Crippen LogP contribution in [0.15, 0.2) is 12.2 Å². The Morgan fingerprint density at radius 1 is 1.08 bits per heavy atom. The van der Waals surface area contributed by atoms with Gasteiger partial charge in [-0.15, -0.1) is 0 Å². The molecule has 3 N–H and O–H groups in total. The van der Waals surface area contributed by atoms with Crippen molar-refractivity contribution < 1.29 is 53.4 Å². The molecule has 0 aromatic carbocycles. The summed E-state index contributed by atoms with van der Waals surface area (Å²) in [7, 11) is 0. The molecule has 2 fully saturated rings. The van der Waals surface area contributed by atoms with Crippen LogP contribution >= 0.6 is 0 Å². The molecule has 0 bridgehead atoms. The van der Waals surface area contributed by atoms with Gasteiger partial charge in [-0.3, -0.25) is 4.79 Å². The zero-order chi connectivity index (χ0) is 18.6. The van der Waals surface area contributed by atoms with Gasteiger partial charge in [0.15, 0.2) is 0 Å². The summed E-state index contributed by atoms with van der Waals surface area (Å²) in [5.41, 5.74) is -2.81. The van der Waals surface area contributed by atoms with Gasteiger partial charge in [-0.25, -0.2) is 14.4 Å². The van der Waals surface area contributed by atoms with Gasteiger partial charge < -0.3 is 34.3 Å². The number of rotatable bonds is 6. The second-order valence-corrected chi connectivity index (χ2v) is 5.19. The monoisotopic (exact) mass is 360 g/mol. The quantitative estimate of drug-likeness (QED) is 0.142. The Hall–Kier alpha value is -2.34. The largest absolute Gasteiger partial charge is 0.445 e. The Kier molecular flexibility index (Phi) is 5.85. The minimum atomic E-state index is -2.81. The van der Waals surface area contributed by atoms with Crippen LogP contribution in [0.2, 0.25) is 0 Å². The number of esters is 3. The first kappa shape index (κ1) is 19.0. The normalized spacial score (nSPS) is 32.9. The van der Waals surface area contributed by atoms with Gasteiger partial charge in [0.1, 0.15) is 6.61 Å². The first-order valence-electron chi connectivity index (χ1n) is 7.19. The molecule has 11 nitrogen and oxygen atoms in total. The lowest BCUT2D eigenvalue weighted by molar-refractivity contribution is -0.193. The standard InChI is InChI=1S/C14H16O11/c15-3-8-11(19)23-9(4-16)12(20)25-14(6-17,13(21)24-8)10(18)2-1-7-5-22-7/h1-2,7-9,15-17H,3-6H2/b2-1+. The van der Waals surface area contributed by atoms with Crippen LogP contribution in [-0.2, 0) is 38.1 Å². The molecule has 0 saturated carbocycles. The molecule has 2 rings (SSSR count). The van der Waals surface area contributed by atoms with E-state index in [2.05, 4.69) is 9.47 Å². The number of hydrogen-bond donors (Lipinski definition) is 3. The van der Waals surface area contributed by atoms with Crippen LogP contribution in [0, 0.1) is 0 Å². The number of ether oxygens (including phenoxy) is 4. The number of carbonyl (C=O) groups excluding carboxylic acids is 4. The summed E-state index contributed by atoms with van der Waals surface area (Å²) >= 11 is 0. The van der Waals surface area contributed by atoms with E-state index in [0.717, 1.165) is 6.08 Å². The fourth-order valence-electron chi connectivity index (χ4n) is 1.86. The average molecular weight is 360 g/mol. The maximum Gasteiger partial charge on any atom is 0.362 e. The predicted molar refractivity (Wildman–Crippen MR) is 73.7 cm³/mol. The zero-order valence-corrected chi connectivity index (χ0v) is 12.8. The Morgan fingerprint density at radius 3 is 2.20 bits per heavy atom. The van der Waals surface area contributed by atoms with E-state index in [4.69, 9.17) is 19.7 Å². The van der Waals surface area contributed by atoms with Gasteiger partial charge in [0.2, 0.25) is 18.0 Å². The summed E-state index contributed by atoms with van der Waals surface area (Å²) in [6.07, 6.45) is -1.94. The molecule has 4 unspecified atom stereocenters. The molecule has 0 aromatic heterocycles. The maximum absolute atomic E-state index is 12.4. The Balaban J connectivity index is 2.39. The van der Waals surface area contributed by atoms with Gasteiger partial charge in [-0.1, -0.05) is 0 Å². The average Bonchev–Trinajstić information content (AvgIpc) is 3.42. The van der Waals surface area contributed by atoms with Gasteiger partial charge in [-0.05, 0) is 12.2 Å². The third-order valence-electron chi connectivity index (χ3n) is 3.41. The number of ketones is 1. The van der Waals surface area contributed by atoms with Crippen LogP contribution in [0.4, 0.5) is 0 Å². The first-order valence-corrected chi connectivity index (χ1v) is 7.19. The summed E-state index contributed by atoms with van der Waals surface area (Å²) in [6.45, 7) is -2.96. The lowest BCUT2D eigenvalue weighted by Crippen LogP contribution is -2.55. The van der Waals surface area contributed by atoms with E-state index in [1.165, 1.54) is 6.08 Å². The zero-order valence-electron chi connectivity index (χ0n) is 12.8. The highest BCUT2D eigenvalue weighted by Gasteiger charge is 2.53. The van der Waals surface area contributed by atoms with Gasteiger partial charge in [-0.2, -0.15) is 0 Å². The predicted octanol–water partition coefficient (Wildman–Crippen LogP) is -3.39. The minimum absolute atomic E-state index is 0.344. The van der Waals surface area contributed by atoms with E-state index in [0.29, 0.717) is 6.61 Å². The second kappa shape index (κ2) is 7.70. The van der Waals surface area contributed by atoms with Crippen molar-refractivity contribution in [2.24, 2.45) is 0 Å². The number of hydrogen-bond acceptors (Lipinski definition) is 11. The molecule has 2 aliphatic heterocycles. The van der Waals surface area contributed by atoms with E-state index in [1.807, 2.05) is 0 Å². The molecule has 25 heavy (non-hydrogen) atoms. The van der Waals surface area contributed by atoms with Crippen LogP contribution in [0.25, 0.3) is 0 Å². The molecule has 2 heterocycles. The van der Waals surface area contributed by atoms with E-state index in [9.17, 15) is 24.3 Å². The molecule has 11 heteroatoms. The number of cyclic esters (lactones) is 3. The number of aliphatic hydroxyl groups is 3. The second-order valence-electron chi connectivity index (χ2n) is 5.19. The van der Waals surface area contributed by atoms with Crippen molar-refractivity contribution in [1.29, 1.82) is 0 Å². The highest BCUT2D eigenvalue weighted by molar-refractivity contribution is 6.14. The van der Waals surface area contributed by atoms with Crippen LogP contribution in [-0.4, -0.2) is 89.4 Å². The van der Waals surface area contributed by atoms with Gasteiger partial charge >= 0.3 is 17.9 Å². The Morgan fingerprint density at radius 2 is 1.68 bits per heavy atom. The molecular weight excluding hydrogens is 344 g/mol.